The fourth-order valence-corrected chi connectivity index (χ4v) is 3.50. The molecule has 122 valence electrons. The normalized spacial score (nSPS) is 22.0. The van der Waals surface area contributed by atoms with E-state index in [1.807, 2.05) is 0 Å². The van der Waals surface area contributed by atoms with Gasteiger partial charge in [0.1, 0.15) is 12.9 Å². The van der Waals surface area contributed by atoms with Gasteiger partial charge in [0, 0.05) is 31.2 Å². The van der Waals surface area contributed by atoms with Crippen molar-refractivity contribution in [1.29, 1.82) is 0 Å². The Balaban J connectivity index is 2.55. The number of carbonyl (C=O) groups excluding carboxylic acids is 2. The van der Waals surface area contributed by atoms with Crippen LogP contribution in [0.3, 0.4) is 0 Å². The summed E-state index contributed by atoms with van der Waals surface area (Å²) >= 11 is 0. The van der Waals surface area contributed by atoms with Crippen molar-refractivity contribution in [3.63, 3.8) is 0 Å². The van der Waals surface area contributed by atoms with E-state index >= 15 is 0 Å². The van der Waals surface area contributed by atoms with Gasteiger partial charge in [-0.05, 0) is 40.5 Å². The second kappa shape index (κ2) is 7.36. The highest BCUT2D eigenvalue weighted by Crippen LogP contribution is 2.38. The van der Waals surface area contributed by atoms with E-state index in [9.17, 15) is 9.59 Å². The monoisotopic (exact) mass is 299 g/mol. The summed E-state index contributed by atoms with van der Waals surface area (Å²) < 4.78 is 10.8. The quantitative estimate of drug-likeness (QED) is 0.533. The van der Waals surface area contributed by atoms with E-state index < -0.39 is 0 Å². The van der Waals surface area contributed by atoms with Crippen LogP contribution in [0.5, 0.6) is 0 Å². The van der Waals surface area contributed by atoms with Crippen LogP contribution in [-0.4, -0.2) is 54.6 Å². The van der Waals surface area contributed by atoms with Crippen LogP contribution in [0.25, 0.3) is 0 Å². The van der Waals surface area contributed by atoms with Crippen molar-refractivity contribution in [2.45, 2.75) is 70.6 Å². The van der Waals surface area contributed by atoms with Crippen LogP contribution in [0.1, 0.15) is 53.4 Å². The van der Waals surface area contributed by atoms with Crippen LogP contribution in [0.4, 0.5) is 0 Å². The lowest BCUT2D eigenvalue weighted by atomic mass is 9.78. The third kappa shape index (κ3) is 5.08. The summed E-state index contributed by atoms with van der Waals surface area (Å²) in [4.78, 5) is 24.1. The maximum Gasteiger partial charge on any atom is 0.306 e. The van der Waals surface area contributed by atoms with E-state index in [0.717, 1.165) is 19.1 Å². The molecule has 0 bridgehead atoms. The minimum Gasteiger partial charge on any atom is -0.464 e. The van der Waals surface area contributed by atoms with Crippen molar-refractivity contribution in [2.75, 3.05) is 20.3 Å². The van der Waals surface area contributed by atoms with Crippen molar-refractivity contribution >= 4 is 12.3 Å². The number of piperidine rings is 1. The molecule has 0 amide bonds. The summed E-state index contributed by atoms with van der Waals surface area (Å²) in [6.07, 6.45) is 3.33. The molecule has 0 unspecified atom stereocenters. The number of carbonyl (C=O) groups is 2. The van der Waals surface area contributed by atoms with E-state index in [-0.39, 0.29) is 36.0 Å². The molecule has 0 aromatic carbocycles. The molecule has 1 saturated heterocycles. The molecule has 0 atom stereocenters. The zero-order valence-electron chi connectivity index (χ0n) is 14.0. The van der Waals surface area contributed by atoms with Crippen molar-refractivity contribution in [3.8, 4) is 0 Å². The highest BCUT2D eigenvalue weighted by molar-refractivity contribution is 5.72. The summed E-state index contributed by atoms with van der Waals surface area (Å²) in [6, 6.07) is 0. The average Bonchev–Trinajstić information content (AvgIpc) is 2.38. The van der Waals surface area contributed by atoms with Gasteiger partial charge in [-0.2, -0.15) is 0 Å². The molecule has 0 aromatic rings. The van der Waals surface area contributed by atoms with Gasteiger partial charge in [-0.25, -0.2) is 0 Å². The van der Waals surface area contributed by atoms with Crippen molar-refractivity contribution in [1.82, 2.24) is 4.90 Å². The molecular weight excluding hydrogens is 270 g/mol. The Morgan fingerprint density at radius 1 is 1.24 bits per heavy atom. The highest BCUT2D eigenvalue weighted by atomic mass is 16.5. The molecule has 5 nitrogen and oxygen atoms in total. The Morgan fingerprint density at radius 3 is 2.29 bits per heavy atom. The van der Waals surface area contributed by atoms with E-state index in [2.05, 4.69) is 32.6 Å². The van der Waals surface area contributed by atoms with Gasteiger partial charge in [0.15, 0.2) is 0 Å². The smallest absolute Gasteiger partial charge is 0.306 e. The van der Waals surface area contributed by atoms with Crippen molar-refractivity contribution in [2.24, 2.45) is 0 Å². The third-order valence-corrected chi connectivity index (χ3v) is 4.29. The molecule has 0 saturated carbocycles. The number of likely N-dealkylation sites (tertiary alicyclic amines) is 1. The average molecular weight is 299 g/mol. The van der Waals surface area contributed by atoms with Crippen LogP contribution < -0.4 is 0 Å². The van der Waals surface area contributed by atoms with Gasteiger partial charge in [-0.15, -0.1) is 0 Å². The second-order valence-electron chi connectivity index (χ2n) is 6.97. The van der Waals surface area contributed by atoms with E-state index in [1.54, 1.807) is 7.11 Å². The number of methoxy groups -OCH3 is 1. The van der Waals surface area contributed by atoms with E-state index in [4.69, 9.17) is 9.47 Å². The lowest BCUT2D eigenvalue weighted by Gasteiger charge is -2.55. The Labute approximate surface area is 128 Å². The number of esters is 1. The fourth-order valence-electron chi connectivity index (χ4n) is 3.50. The van der Waals surface area contributed by atoms with Crippen molar-refractivity contribution in [3.05, 3.63) is 0 Å². The first kappa shape index (κ1) is 18.1. The number of hydrogen-bond acceptors (Lipinski definition) is 5. The third-order valence-electron chi connectivity index (χ3n) is 4.29. The molecule has 5 heteroatoms. The molecule has 21 heavy (non-hydrogen) atoms. The van der Waals surface area contributed by atoms with Crippen molar-refractivity contribution < 1.29 is 19.1 Å². The number of hydrogen-bond donors (Lipinski definition) is 0. The summed E-state index contributed by atoms with van der Waals surface area (Å²) in [5.41, 5.74) is -0.00470. The lowest BCUT2D eigenvalue weighted by Crippen LogP contribution is -2.62. The van der Waals surface area contributed by atoms with E-state index in [1.165, 1.54) is 0 Å². The molecular formula is C16H29NO4. The van der Waals surface area contributed by atoms with Gasteiger partial charge in [0.05, 0.1) is 12.5 Å². The first-order valence-corrected chi connectivity index (χ1v) is 7.63. The van der Waals surface area contributed by atoms with Gasteiger partial charge in [-0.1, -0.05) is 0 Å². The van der Waals surface area contributed by atoms with Crippen LogP contribution in [0, 0.1) is 0 Å². The number of aldehydes is 1. The predicted octanol–water partition coefficient (Wildman–Crippen LogP) is 2.18. The SMILES string of the molecule is COC1CC(C)(C)N(CCOC(=O)CCC=O)C(C)(C)C1. The van der Waals surface area contributed by atoms with E-state index in [0.29, 0.717) is 13.2 Å². The molecule has 1 fully saturated rings. The topological polar surface area (TPSA) is 55.8 Å². The number of nitrogens with zero attached hydrogens (tertiary/aromatic N) is 1. The predicted molar refractivity (Wildman–Crippen MR) is 81.2 cm³/mol. The van der Waals surface area contributed by atoms with Crippen LogP contribution >= 0.6 is 0 Å². The minimum atomic E-state index is -0.301. The Bertz CT molecular complexity index is 347. The Morgan fingerprint density at radius 2 is 1.81 bits per heavy atom. The fraction of sp³-hybridized carbons (Fsp3) is 0.875. The molecule has 0 aromatic heterocycles. The van der Waals surface area contributed by atoms with Crippen LogP contribution in [0.15, 0.2) is 0 Å². The largest absolute Gasteiger partial charge is 0.464 e. The minimum absolute atomic E-state index is 0.00235. The molecule has 1 aliphatic heterocycles. The highest BCUT2D eigenvalue weighted by Gasteiger charge is 2.45. The Kier molecular flexibility index (Phi) is 6.35. The Hall–Kier alpha value is -0.940. The molecule has 0 radical (unpaired) electrons. The van der Waals surface area contributed by atoms with Gasteiger partial charge < -0.3 is 14.3 Å². The molecule has 1 aliphatic rings. The molecule has 1 rings (SSSR count). The van der Waals surface area contributed by atoms with Gasteiger partial charge in [-0.3, -0.25) is 9.69 Å². The first-order valence-electron chi connectivity index (χ1n) is 7.63. The van der Waals surface area contributed by atoms with Crippen LogP contribution in [0.2, 0.25) is 0 Å². The summed E-state index contributed by atoms with van der Waals surface area (Å²) in [7, 11) is 1.77. The van der Waals surface area contributed by atoms with Gasteiger partial charge >= 0.3 is 5.97 Å². The first-order chi connectivity index (χ1) is 9.73. The van der Waals surface area contributed by atoms with Gasteiger partial charge in [0.25, 0.3) is 0 Å². The number of rotatable bonds is 7. The second-order valence-corrected chi connectivity index (χ2v) is 6.97. The van der Waals surface area contributed by atoms with Crippen LogP contribution in [-0.2, 0) is 19.1 Å². The molecule has 1 heterocycles. The van der Waals surface area contributed by atoms with Gasteiger partial charge in [0.2, 0.25) is 0 Å². The molecule has 0 spiro atoms. The summed E-state index contributed by atoms with van der Waals surface area (Å²) in [5.74, 6) is -0.301. The lowest BCUT2D eigenvalue weighted by molar-refractivity contribution is -0.148. The summed E-state index contributed by atoms with van der Waals surface area (Å²) in [5, 5.41) is 0. The molecule has 0 aliphatic carbocycles. The number of ether oxygens (including phenoxy) is 2. The molecule has 0 N–H and O–H groups in total. The maximum absolute atomic E-state index is 11.4. The zero-order chi connectivity index (χ0) is 16.1. The standard InChI is InChI=1S/C16H29NO4/c1-15(2)11-13(20-5)12-16(3,4)17(15)8-10-21-14(19)7-6-9-18/h9,13H,6-8,10-12H2,1-5H3. The summed E-state index contributed by atoms with van der Waals surface area (Å²) in [6.45, 7) is 9.87. The zero-order valence-corrected chi connectivity index (χ0v) is 14.0. The maximum atomic E-state index is 11.4.